The van der Waals surface area contributed by atoms with E-state index in [-0.39, 0.29) is 18.4 Å². The van der Waals surface area contributed by atoms with E-state index in [1.807, 2.05) is 17.0 Å². The number of carbonyl (C=O) groups is 2. The monoisotopic (exact) mass is 350 g/mol. The predicted molar refractivity (Wildman–Crippen MR) is 91.7 cm³/mol. The summed E-state index contributed by atoms with van der Waals surface area (Å²) < 4.78 is 5.69. The molecule has 0 spiro atoms. The third-order valence-corrected chi connectivity index (χ3v) is 5.16. The number of ether oxygens (including phenoxy) is 1. The number of rotatable bonds is 2. The maximum atomic E-state index is 13.0. The van der Waals surface area contributed by atoms with Gasteiger partial charge in [0.1, 0.15) is 6.61 Å². The zero-order valence-corrected chi connectivity index (χ0v) is 14.8. The van der Waals surface area contributed by atoms with Crippen molar-refractivity contribution in [1.29, 1.82) is 0 Å². The first-order valence-corrected chi connectivity index (χ1v) is 8.76. The summed E-state index contributed by atoms with van der Waals surface area (Å²) in [6, 6.07) is 6.82. The van der Waals surface area contributed by atoms with Gasteiger partial charge in [-0.15, -0.1) is 0 Å². The molecule has 0 N–H and O–H groups in total. The van der Waals surface area contributed by atoms with Crippen molar-refractivity contribution in [2.75, 3.05) is 26.7 Å². The second kappa shape index (κ2) is 7.11. The summed E-state index contributed by atoms with van der Waals surface area (Å²) in [5, 5.41) is 0.622. The molecule has 3 rings (SSSR count). The maximum absolute atomic E-state index is 13.0. The van der Waals surface area contributed by atoms with E-state index in [9.17, 15) is 9.59 Å². The van der Waals surface area contributed by atoms with Crippen molar-refractivity contribution in [2.45, 2.75) is 31.9 Å². The molecule has 6 heteroatoms. The minimum absolute atomic E-state index is 0.0270. The topological polar surface area (TPSA) is 49.9 Å². The number of likely N-dealkylation sites (N-methyl/N-ethyl adjacent to an activating group) is 1. The summed E-state index contributed by atoms with van der Waals surface area (Å²) in [4.78, 5) is 28.6. The van der Waals surface area contributed by atoms with Gasteiger partial charge in [-0.05, 0) is 36.5 Å². The number of halogens is 1. The first-order chi connectivity index (χ1) is 11.5. The highest BCUT2D eigenvalue weighted by molar-refractivity contribution is 6.30. The molecular weight excluding hydrogens is 328 g/mol. The van der Waals surface area contributed by atoms with Crippen LogP contribution in [0.3, 0.4) is 0 Å². The Morgan fingerprint density at radius 3 is 2.67 bits per heavy atom. The normalized spacial score (nSPS) is 28.1. The Kier molecular flexibility index (Phi) is 5.11. The molecule has 2 heterocycles. The van der Waals surface area contributed by atoms with Crippen LogP contribution in [0.25, 0.3) is 0 Å². The predicted octanol–water partition coefficient (Wildman–Crippen LogP) is 2.50. The smallest absolute Gasteiger partial charge is 0.254 e. The molecule has 1 aromatic rings. The Labute approximate surface area is 147 Å². The molecular formula is C18H23ClN2O3. The molecule has 2 saturated heterocycles. The van der Waals surface area contributed by atoms with Crippen molar-refractivity contribution in [3.05, 3.63) is 34.9 Å². The van der Waals surface area contributed by atoms with Crippen LogP contribution in [0.2, 0.25) is 5.02 Å². The molecule has 5 nitrogen and oxygen atoms in total. The zero-order chi connectivity index (χ0) is 17.3. The van der Waals surface area contributed by atoms with Crippen LogP contribution < -0.4 is 0 Å². The molecule has 2 fully saturated rings. The van der Waals surface area contributed by atoms with E-state index in [1.165, 1.54) is 0 Å². The molecule has 2 aliphatic heterocycles. The minimum atomic E-state index is -0.667. The second-order valence-corrected chi connectivity index (χ2v) is 7.20. The third-order valence-electron chi connectivity index (χ3n) is 4.91. The Morgan fingerprint density at radius 1 is 1.29 bits per heavy atom. The van der Waals surface area contributed by atoms with Gasteiger partial charge >= 0.3 is 0 Å². The van der Waals surface area contributed by atoms with E-state index >= 15 is 0 Å². The number of benzene rings is 1. The van der Waals surface area contributed by atoms with Crippen molar-refractivity contribution in [3.8, 4) is 0 Å². The molecule has 130 valence electrons. The van der Waals surface area contributed by atoms with Crippen LogP contribution in [0.4, 0.5) is 0 Å². The van der Waals surface area contributed by atoms with E-state index in [0.29, 0.717) is 10.9 Å². The molecule has 0 aromatic heterocycles. The van der Waals surface area contributed by atoms with Crippen molar-refractivity contribution in [2.24, 2.45) is 5.92 Å². The van der Waals surface area contributed by atoms with Crippen molar-refractivity contribution >= 4 is 23.4 Å². The third kappa shape index (κ3) is 3.42. The molecule has 0 saturated carbocycles. The van der Waals surface area contributed by atoms with Gasteiger partial charge in [0, 0.05) is 25.2 Å². The van der Waals surface area contributed by atoms with E-state index in [1.54, 1.807) is 24.1 Å². The van der Waals surface area contributed by atoms with Crippen molar-refractivity contribution in [3.63, 3.8) is 0 Å². The number of hydrogen-bond donors (Lipinski definition) is 0. The molecule has 1 aromatic carbocycles. The van der Waals surface area contributed by atoms with Crippen molar-refractivity contribution < 1.29 is 14.3 Å². The molecule has 0 radical (unpaired) electrons. The highest BCUT2D eigenvalue weighted by Gasteiger charge is 2.42. The highest BCUT2D eigenvalue weighted by Crippen LogP contribution is 2.31. The van der Waals surface area contributed by atoms with Gasteiger partial charge < -0.3 is 14.5 Å². The van der Waals surface area contributed by atoms with Gasteiger partial charge in [-0.3, -0.25) is 9.59 Å². The van der Waals surface area contributed by atoms with Gasteiger partial charge in [0.15, 0.2) is 6.10 Å². The number of nitrogens with zero attached hydrogens (tertiary/aromatic N) is 2. The van der Waals surface area contributed by atoms with E-state index in [2.05, 4.69) is 6.92 Å². The van der Waals surface area contributed by atoms with E-state index in [0.717, 1.165) is 31.5 Å². The molecule has 0 unspecified atom stereocenters. The van der Waals surface area contributed by atoms with Gasteiger partial charge in [-0.1, -0.05) is 30.7 Å². The van der Waals surface area contributed by atoms with Crippen LogP contribution in [-0.4, -0.2) is 54.5 Å². The number of morpholine rings is 1. The van der Waals surface area contributed by atoms with Gasteiger partial charge in [-0.25, -0.2) is 0 Å². The highest BCUT2D eigenvalue weighted by atomic mass is 35.5. The van der Waals surface area contributed by atoms with Crippen LogP contribution in [0.5, 0.6) is 0 Å². The lowest BCUT2D eigenvalue weighted by molar-refractivity contribution is -0.168. The van der Waals surface area contributed by atoms with Crippen LogP contribution in [-0.2, 0) is 14.3 Å². The number of carbonyl (C=O) groups excluding carboxylic acids is 2. The number of likely N-dealkylation sites (tertiary alicyclic amines) is 1. The number of amides is 2. The first-order valence-electron chi connectivity index (χ1n) is 8.39. The Balaban J connectivity index is 1.87. The van der Waals surface area contributed by atoms with Crippen LogP contribution in [0.1, 0.15) is 31.4 Å². The van der Waals surface area contributed by atoms with Crippen LogP contribution >= 0.6 is 11.6 Å². The summed E-state index contributed by atoms with van der Waals surface area (Å²) in [6.07, 6.45) is 1.49. The fraction of sp³-hybridized carbons (Fsp3) is 0.556. The second-order valence-electron chi connectivity index (χ2n) is 6.76. The quantitative estimate of drug-likeness (QED) is 0.823. The molecule has 24 heavy (non-hydrogen) atoms. The lowest BCUT2D eigenvalue weighted by Gasteiger charge is -2.41. The molecule has 2 aliphatic rings. The largest absolute Gasteiger partial charge is 0.356 e. The Bertz CT molecular complexity index is 619. The fourth-order valence-corrected chi connectivity index (χ4v) is 3.67. The lowest BCUT2D eigenvalue weighted by Crippen LogP contribution is -2.55. The minimum Gasteiger partial charge on any atom is -0.356 e. The van der Waals surface area contributed by atoms with E-state index in [4.69, 9.17) is 16.3 Å². The van der Waals surface area contributed by atoms with Gasteiger partial charge in [-0.2, -0.15) is 0 Å². The standard InChI is InChI=1S/C18H23ClN2O3/c1-12-4-3-9-21(10-12)18(23)17-16(20(2)15(22)11-24-17)13-5-7-14(19)8-6-13/h5-8,12,16-17H,3-4,9-11H2,1-2H3/t12-,16+,17+/m1/s1. The van der Waals surface area contributed by atoms with Gasteiger partial charge in [0.05, 0.1) is 6.04 Å². The SMILES string of the molecule is C[C@@H]1CCCN(C(=O)[C@H]2OCC(=O)N(C)[C@H]2c2ccc(Cl)cc2)C1. The lowest BCUT2D eigenvalue weighted by atomic mass is 9.95. The molecule has 0 bridgehead atoms. The van der Waals surface area contributed by atoms with E-state index < -0.39 is 12.1 Å². The van der Waals surface area contributed by atoms with Crippen molar-refractivity contribution in [1.82, 2.24) is 9.80 Å². The summed E-state index contributed by atoms with van der Waals surface area (Å²) in [7, 11) is 1.73. The van der Waals surface area contributed by atoms with Crippen LogP contribution in [0.15, 0.2) is 24.3 Å². The van der Waals surface area contributed by atoms with Gasteiger partial charge in [0.25, 0.3) is 5.91 Å². The average molecular weight is 351 g/mol. The average Bonchev–Trinajstić information content (AvgIpc) is 2.57. The summed E-state index contributed by atoms with van der Waals surface area (Å²) in [5.74, 6) is 0.353. The molecule has 0 aliphatic carbocycles. The zero-order valence-electron chi connectivity index (χ0n) is 14.1. The molecule has 2 amide bonds. The fourth-order valence-electron chi connectivity index (χ4n) is 3.55. The summed E-state index contributed by atoms with van der Waals surface area (Å²) >= 11 is 5.97. The number of hydrogen-bond acceptors (Lipinski definition) is 3. The summed E-state index contributed by atoms with van der Waals surface area (Å²) in [5.41, 5.74) is 0.860. The number of piperidine rings is 1. The Morgan fingerprint density at radius 2 is 2.00 bits per heavy atom. The molecule has 3 atom stereocenters. The summed E-state index contributed by atoms with van der Waals surface area (Å²) in [6.45, 7) is 3.62. The van der Waals surface area contributed by atoms with Crippen LogP contribution in [0, 0.1) is 5.92 Å². The first kappa shape index (κ1) is 17.2. The Hall–Kier alpha value is -1.59. The van der Waals surface area contributed by atoms with Gasteiger partial charge in [0.2, 0.25) is 5.91 Å². The maximum Gasteiger partial charge on any atom is 0.254 e.